The molecule has 176 valence electrons. The highest BCUT2D eigenvalue weighted by molar-refractivity contribution is 6.34. The van der Waals surface area contributed by atoms with Crippen molar-refractivity contribution >= 4 is 46.4 Å². The van der Waals surface area contributed by atoms with E-state index < -0.39 is 0 Å². The molecule has 6 nitrogen and oxygen atoms in total. The molecular formula is C26H25Cl2N3O3. The van der Waals surface area contributed by atoms with Gasteiger partial charge in [0.2, 0.25) is 0 Å². The highest BCUT2D eigenvalue weighted by Gasteiger charge is 2.27. The van der Waals surface area contributed by atoms with E-state index in [2.05, 4.69) is 10.6 Å². The number of anilines is 2. The lowest BCUT2D eigenvalue weighted by atomic mass is 10.0. The Hall–Kier alpha value is -3.06. The number of halogens is 2. The van der Waals surface area contributed by atoms with Gasteiger partial charge in [0.05, 0.1) is 23.4 Å². The highest BCUT2D eigenvalue weighted by Crippen LogP contribution is 2.36. The first-order chi connectivity index (χ1) is 16.4. The summed E-state index contributed by atoms with van der Waals surface area (Å²) in [5.74, 6) is -0.132. The first-order valence-corrected chi connectivity index (χ1v) is 11.7. The van der Waals surface area contributed by atoms with Crippen LogP contribution in [0.3, 0.4) is 0 Å². The van der Waals surface area contributed by atoms with Crippen LogP contribution in [0.1, 0.15) is 45.2 Å². The van der Waals surface area contributed by atoms with E-state index >= 15 is 0 Å². The molecular weight excluding hydrogens is 473 g/mol. The Morgan fingerprint density at radius 1 is 1.06 bits per heavy atom. The Bertz CT molecular complexity index is 1230. The summed E-state index contributed by atoms with van der Waals surface area (Å²) in [6.07, 6.45) is 1.73. The van der Waals surface area contributed by atoms with Gasteiger partial charge in [-0.25, -0.2) is 0 Å². The van der Waals surface area contributed by atoms with Crippen LogP contribution < -0.4 is 20.3 Å². The normalized spacial score (nSPS) is 15.3. The molecule has 0 saturated heterocycles. The lowest BCUT2D eigenvalue weighted by Crippen LogP contribution is -2.32. The molecule has 1 atom stereocenters. The van der Waals surface area contributed by atoms with Crippen molar-refractivity contribution in [1.82, 2.24) is 5.32 Å². The van der Waals surface area contributed by atoms with Crippen molar-refractivity contribution in [3.63, 3.8) is 0 Å². The Morgan fingerprint density at radius 2 is 1.85 bits per heavy atom. The lowest BCUT2D eigenvalue weighted by molar-refractivity contribution is 0.0985. The topological polar surface area (TPSA) is 70.7 Å². The van der Waals surface area contributed by atoms with Gasteiger partial charge >= 0.3 is 0 Å². The maximum atomic E-state index is 13.6. The number of hydrogen-bond donors (Lipinski definition) is 2. The smallest absolute Gasteiger partial charge is 0.258 e. The number of hydrogen-bond acceptors (Lipinski definition) is 4. The summed E-state index contributed by atoms with van der Waals surface area (Å²) in [5.41, 5.74) is 3.08. The SMILES string of the molecule is CNC1CCCN(C(=O)c2ccc(NC(=O)c3ccccc3Cl)c(OC)c2)c2ccc(Cl)cc21. The number of benzene rings is 3. The van der Waals surface area contributed by atoms with E-state index in [0.29, 0.717) is 39.2 Å². The van der Waals surface area contributed by atoms with Crippen LogP contribution >= 0.6 is 23.2 Å². The van der Waals surface area contributed by atoms with Gasteiger partial charge in [-0.3, -0.25) is 9.59 Å². The number of amides is 2. The van der Waals surface area contributed by atoms with E-state index in [9.17, 15) is 9.59 Å². The minimum atomic E-state index is -0.362. The largest absolute Gasteiger partial charge is 0.495 e. The molecule has 0 aromatic heterocycles. The second-order valence-electron chi connectivity index (χ2n) is 7.99. The summed E-state index contributed by atoms with van der Waals surface area (Å²) >= 11 is 12.4. The van der Waals surface area contributed by atoms with Gasteiger partial charge in [0, 0.05) is 28.9 Å². The molecule has 8 heteroatoms. The zero-order valence-electron chi connectivity index (χ0n) is 18.9. The average molecular weight is 498 g/mol. The molecule has 0 saturated carbocycles. The van der Waals surface area contributed by atoms with Crippen molar-refractivity contribution in [3.8, 4) is 5.75 Å². The molecule has 0 aliphatic carbocycles. The highest BCUT2D eigenvalue weighted by atomic mass is 35.5. The van der Waals surface area contributed by atoms with E-state index in [4.69, 9.17) is 27.9 Å². The van der Waals surface area contributed by atoms with Crippen LogP contribution in [0.25, 0.3) is 0 Å². The van der Waals surface area contributed by atoms with Crippen LogP contribution in [-0.2, 0) is 0 Å². The van der Waals surface area contributed by atoms with Gasteiger partial charge in [0.1, 0.15) is 5.75 Å². The van der Waals surface area contributed by atoms with Crippen LogP contribution in [0.2, 0.25) is 10.0 Å². The lowest BCUT2D eigenvalue weighted by Gasteiger charge is -2.25. The van der Waals surface area contributed by atoms with Gasteiger partial charge in [-0.1, -0.05) is 35.3 Å². The molecule has 0 bridgehead atoms. The van der Waals surface area contributed by atoms with Gasteiger partial charge in [-0.05, 0) is 74.0 Å². The van der Waals surface area contributed by atoms with Gasteiger partial charge in [0.25, 0.3) is 11.8 Å². The summed E-state index contributed by atoms with van der Waals surface area (Å²) in [6, 6.07) is 17.5. The fourth-order valence-electron chi connectivity index (χ4n) is 4.21. The number of nitrogens with zero attached hydrogens (tertiary/aromatic N) is 1. The first-order valence-electron chi connectivity index (χ1n) is 11.0. The predicted octanol–water partition coefficient (Wildman–Crippen LogP) is 5.96. The van der Waals surface area contributed by atoms with E-state index in [1.807, 2.05) is 19.2 Å². The number of carbonyl (C=O) groups excluding carboxylic acids is 2. The molecule has 2 amide bonds. The van der Waals surface area contributed by atoms with E-state index in [1.54, 1.807) is 53.4 Å². The molecule has 3 aromatic carbocycles. The molecule has 1 heterocycles. The summed E-state index contributed by atoms with van der Waals surface area (Å²) < 4.78 is 5.49. The van der Waals surface area contributed by atoms with Crippen molar-refractivity contribution in [2.75, 3.05) is 30.9 Å². The second-order valence-corrected chi connectivity index (χ2v) is 8.84. The van der Waals surface area contributed by atoms with Crippen LogP contribution in [0.4, 0.5) is 11.4 Å². The molecule has 2 N–H and O–H groups in total. The molecule has 3 aromatic rings. The fourth-order valence-corrected chi connectivity index (χ4v) is 4.61. The van der Waals surface area contributed by atoms with E-state index in [-0.39, 0.29) is 17.9 Å². The predicted molar refractivity (Wildman–Crippen MR) is 137 cm³/mol. The molecule has 4 rings (SSSR count). The summed E-state index contributed by atoms with van der Waals surface area (Å²) in [4.78, 5) is 28.0. The fraction of sp³-hybridized carbons (Fsp3) is 0.231. The number of rotatable bonds is 5. The molecule has 1 aliphatic rings. The monoisotopic (exact) mass is 497 g/mol. The van der Waals surface area contributed by atoms with Crippen molar-refractivity contribution in [2.45, 2.75) is 18.9 Å². The van der Waals surface area contributed by atoms with Gasteiger partial charge in [-0.2, -0.15) is 0 Å². The number of fused-ring (bicyclic) bond motifs is 1. The Morgan fingerprint density at radius 3 is 2.59 bits per heavy atom. The van der Waals surface area contributed by atoms with Crippen LogP contribution in [0.15, 0.2) is 60.7 Å². The quantitative estimate of drug-likeness (QED) is 0.456. The molecule has 0 radical (unpaired) electrons. The second kappa shape index (κ2) is 10.5. The molecule has 34 heavy (non-hydrogen) atoms. The minimum Gasteiger partial charge on any atom is -0.495 e. The Balaban J connectivity index is 1.63. The summed E-state index contributed by atoms with van der Waals surface area (Å²) in [7, 11) is 3.41. The third-order valence-corrected chi connectivity index (χ3v) is 6.50. The van der Waals surface area contributed by atoms with Gasteiger partial charge < -0.3 is 20.3 Å². The van der Waals surface area contributed by atoms with Gasteiger partial charge in [0.15, 0.2) is 0 Å². The van der Waals surface area contributed by atoms with Gasteiger partial charge in [-0.15, -0.1) is 0 Å². The summed E-state index contributed by atoms with van der Waals surface area (Å²) in [5, 5.41) is 7.12. The third-order valence-electron chi connectivity index (χ3n) is 5.94. The van der Waals surface area contributed by atoms with Crippen LogP contribution in [0.5, 0.6) is 5.75 Å². The third kappa shape index (κ3) is 4.89. The van der Waals surface area contributed by atoms with Crippen molar-refractivity contribution in [3.05, 3.63) is 87.4 Å². The maximum Gasteiger partial charge on any atom is 0.258 e. The first kappa shape index (κ1) is 24.1. The standard InChI is InChI=1S/C26H25Cl2N3O3/c1-29-21-8-5-13-31(23-12-10-17(27)15-19(21)23)26(33)16-9-11-22(24(14-16)34-2)30-25(32)18-6-3-4-7-20(18)28/h3-4,6-7,9-12,14-15,21,29H,5,8,13H2,1-2H3,(H,30,32). The number of ether oxygens (including phenoxy) is 1. The summed E-state index contributed by atoms with van der Waals surface area (Å²) in [6.45, 7) is 0.582. The number of carbonyl (C=O) groups is 2. The van der Waals surface area contributed by atoms with Crippen molar-refractivity contribution in [1.29, 1.82) is 0 Å². The zero-order valence-corrected chi connectivity index (χ0v) is 20.4. The van der Waals surface area contributed by atoms with Crippen LogP contribution in [-0.4, -0.2) is 32.5 Å². The molecule has 1 aliphatic heterocycles. The Kier molecular flexibility index (Phi) is 7.41. The van der Waals surface area contributed by atoms with Crippen molar-refractivity contribution < 1.29 is 14.3 Å². The minimum absolute atomic E-state index is 0.114. The molecule has 0 fully saturated rings. The van der Waals surface area contributed by atoms with Crippen molar-refractivity contribution in [2.24, 2.45) is 0 Å². The number of nitrogens with one attached hydrogen (secondary N) is 2. The zero-order chi connectivity index (χ0) is 24.2. The van der Waals surface area contributed by atoms with Crippen LogP contribution in [0, 0.1) is 0 Å². The van der Waals surface area contributed by atoms with E-state index in [1.165, 1.54) is 7.11 Å². The molecule has 0 spiro atoms. The van der Waals surface area contributed by atoms with E-state index in [0.717, 1.165) is 24.1 Å². The average Bonchev–Trinajstić information content (AvgIpc) is 3.02. The maximum absolute atomic E-state index is 13.6. The molecule has 1 unspecified atom stereocenters. The Labute approximate surface area is 208 Å². The number of methoxy groups -OCH3 is 1.